The van der Waals surface area contributed by atoms with Gasteiger partial charge in [0.1, 0.15) is 13.2 Å². The minimum Gasteiger partial charge on any atom is -0.473 e. The molecule has 2 saturated heterocycles. The summed E-state index contributed by atoms with van der Waals surface area (Å²) in [7, 11) is 0. The molecule has 0 radical (unpaired) electrons. The lowest BCUT2D eigenvalue weighted by molar-refractivity contribution is -0.271. The predicted molar refractivity (Wildman–Crippen MR) is 269 cm³/mol. The van der Waals surface area contributed by atoms with Crippen LogP contribution in [0.5, 0.6) is 0 Å². The summed E-state index contributed by atoms with van der Waals surface area (Å²) in [5, 5.41) is 14.8. The number of imidazole rings is 1. The van der Waals surface area contributed by atoms with Crippen LogP contribution in [0.1, 0.15) is 46.8 Å². The Kier molecular flexibility index (Phi) is 19.5. The van der Waals surface area contributed by atoms with Gasteiger partial charge in [0, 0.05) is 103 Å². The van der Waals surface area contributed by atoms with E-state index in [0.717, 1.165) is 83.2 Å². The molecular formula is C55H63N7O9. The number of aliphatic carboxylic acids is 2. The lowest BCUT2D eigenvalue weighted by Gasteiger charge is -2.39. The second-order valence-electron chi connectivity index (χ2n) is 17.3. The maximum atomic E-state index is 12.9. The van der Waals surface area contributed by atoms with Crippen molar-refractivity contribution in [3.8, 4) is 5.69 Å². The monoisotopic (exact) mass is 965 g/mol. The van der Waals surface area contributed by atoms with Crippen molar-refractivity contribution < 1.29 is 43.9 Å². The minimum atomic E-state index is -1.82. The normalized spacial score (nSPS) is 15.3. The summed E-state index contributed by atoms with van der Waals surface area (Å²) in [6, 6.07) is 49.7. The van der Waals surface area contributed by atoms with Crippen molar-refractivity contribution in [3.63, 3.8) is 0 Å². The fourth-order valence-electron chi connectivity index (χ4n) is 9.20. The molecule has 2 N–H and O–H groups in total. The molecule has 0 bridgehead atoms. The first-order valence-electron chi connectivity index (χ1n) is 24.0. The number of benzene rings is 5. The second-order valence-corrected chi connectivity index (χ2v) is 17.3. The Morgan fingerprint density at radius 1 is 0.592 bits per heavy atom. The molecule has 16 nitrogen and oxygen atoms in total. The quantitative estimate of drug-likeness (QED) is 0.0485. The van der Waals surface area contributed by atoms with Crippen molar-refractivity contribution in [3.05, 3.63) is 186 Å². The third-order valence-electron chi connectivity index (χ3n) is 12.7. The molecule has 9 rings (SSSR count). The summed E-state index contributed by atoms with van der Waals surface area (Å²) in [5.41, 5.74) is 8.57. The molecule has 4 heterocycles. The standard InChI is InChI=1S/C32H35N5O2.C21H26N2O3.C2H2O4/c38-31(37-15-13-28-23-29(11-12-30(28)37)36-16-14-33-25-36)24-39-22-21-34-17-19-35(20-18-34)32(26-7-3-1-4-8-26)27-9-5-2-6-10-27;1-18(24)26-25-17-16-22-12-14-23(15-13-22)21(19-8-4-2-5-9-19)20-10-6-3-7-11-20;3-1(4)2(5)6/h1-12,14,16,23,25,32H,13,15,17-22,24H2;2-11,21H,12-17H2,1H3;(H,3,4)(H,5,6). The van der Waals surface area contributed by atoms with Crippen molar-refractivity contribution in [2.75, 3.05) is 96.7 Å². The fourth-order valence-corrected chi connectivity index (χ4v) is 9.20. The Labute approximate surface area is 415 Å². The number of rotatable bonds is 16. The third kappa shape index (κ3) is 15.2. The number of nitrogens with zero attached hydrogens (tertiary/aromatic N) is 7. The topological polar surface area (TPSA) is 170 Å². The van der Waals surface area contributed by atoms with Crippen LogP contribution in [0.15, 0.2) is 158 Å². The van der Waals surface area contributed by atoms with E-state index in [2.05, 4.69) is 157 Å². The van der Waals surface area contributed by atoms with Crippen LogP contribution in [-0.4, -0.2) is 155 Å². The van der Waals surface area contributed by atoms with Crippen LogP contribution < -0.4 is 4.90 Å². The van der Waals surface area contributed by atoms with Crippen LogP contribution in [0.2, 0.25) is 0 Å². The van der Waals surface area contributed by atoms with Crippen molar-refractivity contribution >= 4 is 29.5 Å². The summed E-state index contributed by atoms with van der Waals surface area (Å²) in [6.45, 7) is 12.6. The number of hydrogen-bond donors (Lipinski definition) is 2. The van der Waals surface area contributed by atoms with Crippen LogP contribution in [0.3, 0.4) is 0 Å². The smallest absolute Gasteiger partial charge is 0.414 e. The lowest BCUT2D eigenvalue weighted by atomic mass is 9.96. The highest BCUT2D eigenvalue weighted by Crippen LogP contribution is 2.32. The Bertz CT molecular complexity index is 2470. The zero-order valence-corrected chi connectivity index (χ0v) is 40.2. The van der Waals surface area contributed by atoms with Gasteiger partial charge in [-0.05, 0) is 52.4 Å². The number of carboxylic acid groups (broad SMARTS) is 2. The van der Waals surface area contributed by atoms with Gasteiger partial charge in [0.25, 0.3) is 5.91 Å². The van der Waals surface area contributed by atoms with E-state index in [-0.39, 0.29) is 24.6 Å². The summed E-state index contributed by atoms with van der Waals surface area (Å²) >= 11 is 0. The molecule has 0 atom stereocenters. The molecule has 16 heteroatoms. The van der Waals surface area contributed by atoms with Gasteiger partial charge in [-0.15, -0.1) is 0 Å². The number of carboxylic acids is 2. The van der Waals surface area contributed by atoms with Crippen LogP contribution in [0.4, 0.5) is 5.69 Å². The number of amides is 1. The number of hydrogen-bond acceptors (Lipinski definition) is 12. The number of aromatic nitrogens is 2. The van der Waals surface area contributed by atoms with Gasteiger partial charge in [0.15, 0.2) is 0 Å². The van der Waals surface area contributed by atoms with E-state index in [1.807, 2.05) is 27.8 Å². The van der Waals surface area contributed by atoms with Gasteiger partial charge in [0.05, 0.1) is 25.0 Å². The maximum absolute atomic E-state index is 12.9. The van der Waals surface area contributed by atoms with Gasteiger partial charge in [-0.3, -0.25) is 29.3 Å². The molecular weight excluding hydrogens is 903 g/mol. The van der Waals surface area contributed by atoms with Gasteiger partial charge in [-0.1, -0.05) is 121 Å². The summed E-state index contributed by atoms with van der Waals surface area (Å²) in [6.07, 6.45) is 6.35. The van der Waals surface area contributed by atoms with Crippen LogP contribution >= 0.6 is 0 Å². The number of ether oxygens (including phenoxy) is 1. The highest BCUT2D eigenvalue weighted by Gasteiger charge is 2.29. The number of carbonyl (C=O) groups excluding carboxylic acids is 2. The zero-order valence-electron chi connectivity index (χ0n) is 40.2. The molecule has 0 spiro atoms. The Balaban J connectivity index is 0.000000200. The average Bonchev–Trinajstić information content (AvgIpc) is 4.11. The van der Waals surface area contributed by atoms with Gasteiger partial charge >= 0.3 is 17.9 Å². The first-order valence-corrected chi connectivity index (χ1v) is 24.0. The predicted octanol–water partition coefficient (Wildman–Crippen LogP) is 6.23. The molecule has 3 aliphatic rings. The molecule has 71 heavy (non-hydrogen) atoms. The lowest BCUT2D eigenvalue weighted by Crippen LogP contribution is -2.48. The van der Waals surface area contributed by atoms with E-state index in [0.29, 0.717) is 19.8 Å². The molecule has 3 aliphatic heterocycles. The molecule has 6 aromatic rings. The van der Waals surface area contributed by atoms with Crippen LogP contribution in [0, 0.1) is 0 Å². The molecule has 5 aromatic carbocycles. The minimum absolute atomic E-state index is 0.0301. The van der Waals surface area contributed by atoms with E-state index in [1.54, 1.807) is 12.5 Å². The third-order valence-corrected chi connectivity index (χ3v) is 12.7. The van der Waals surface area contributed by atoms with Crippen molar-refractivity contribution in [2.45, 2.75) is 25.4 Å². The van der Waals surface area contributed by atoms with E-state index < -0.39 is 17.9 Å². The highest BCUT2D eigenvalue weighted by molar-refractivity contribution is 6.27. The van der Waals surface area contributed by atoms with E-state index in [1.165, 1.54) is 34.7 Å². The van der Waals surface area contributed by atoms with Gasteiger partial charge in [0.2, 0.25) is 0 Å². The summed E-state index contributed by atoms with van der Waals surface area (Å²) < 4.78 is 7.85. The molecule has 0 unspecified atom stereocenters. The van der Waals surface area contributed by atoms with Gasteiger partial charge in [-0.2, -0.15) is 4.89 Å². The first-order chi connectivity index (χ1) is 34.6. The Morgan fingerprint density at radius 3 is 1.48 bits per heavy atom. The Morgan fingerprint density at radius 2 is 1.06 bits per heavy atom. The number of fused-ring (bicyclic) bond motifs is 1. The maximum Gasteiger partial charge on any atom is 0.414 e. The largest absolute Gasteiger partial charge is 0.473 e. The second kappa shape index (κ2) is 26.8. The zero-order chi connectivity index (χ0) is 49.8. The van der Waals surface area contributed by atoms with Crippen molar-refractivity contribution in [2.24, 2.45) is 0 Å². The van der Waals surface area contributed by atoms with E-state index in [4.69, 9.17) is 29.4 Å². The van der Waals surface area contributed by atoms with Crippen LogP contribution in [-0.2, 0) is 40.1 Å². The Hall–Kier alpha value is -7.05. The fraction of sp³-hybridized carbons (Fsp3) is 0.327. The number of piperazine rings is 2. The van der Waals surface area contributed by atoms with Crippen molar-refractivity contribution in [1.82, 2.24) is 29.2 Å². The molecule has 2 fully saturated rings. The SMILES string of the molecule is CC(=O)OOCCN1CCN(C(c2ccccc2)c2ccccc2)CC1.O=C(COCCN1CCN(C(c2ccccc2)c2ccccc2)CC1)N1CCc2cc(-n3ccnc3)ccc21.O=C(O)C(=O)O. The summed E-state index contributed by atoms with van der Waals surface area (Å²) in [4.78, 5) is 67.2. The van der Waals surface area contributed by atoms with Gasteiger partial charge in [-0.25, -0.2) is 19.4 Å². The molecule has 0 aliphatic carbocycles. The summed E-state index contributed by atoms with van der Waals surface area (Å²) in [5.74, 6) is -4.03. The molecule has 1 aromatic heterocycles. The highest BCUT2D eigenvalue weighted by atomic mass is 17.2. The first kappa shape index (κ1) is 51.8. The number of anilines is 1. The van der Waals surface area contributed by atoms with Gasteiger partial charge < -0.3 is 24.4 Å². The van der Waals surface area contributed by atoms with Crippen LogP contribution in [0.25, 0.3) is 5.69 Å². The molecule has 1 amide bonds. The molecule has 0 saturated carbocycles. The van der Waals surface area contributed by atoms with E-state index in [9.17, 15) is 9.59 Å². The van der Waals surface area contributed by atoms with E-state index >= 15 is 0 Å². The number of carbonyl (C=O) groups is 4. The average molecular weight is 966 g/mol. The molecule has 372 valence electrons. The van der Waals surface area contributed by atoms with Crippen molar-refractivity contribution in [1.29, 1.82) is 0 Å².